The molecule has 2 aromatic rings. The Bertz CT molecular complexity index is 1070. The van der Waals surface area contributed by atoms with Gasteiger partial charge in [-0.2, -0.15) is 11.8 Å². The first kappa shape index (κ1) is 31.6. The Morgan fingerprint density at radius 3 is 2.18 bits per heavy atom. The second kappa shape index (κ2) is 17.1. The van der Waals surface area contributed by atoms with Gasteiger partial charge in [0.1, 0.15) is 17.8 Å². The van der Waals surface area contributed by atoms with Gasteiger partial charge in [-0.15, -0.1) is 0 Å². The van der Waals surface area contributed by atoms with Crippen molar-refractivity contribution in [1.82, 2.24) is 16.0 Å². The highest BCUT2D eigenvalue weighted by molar-refractivity contribution is 7.98. The van der Waals surface area contributed by atoms with Crippen molar-refractivity contribution in [2.24, 2.45) is 11.5 Å². The molecule has 11 heteroatoms. The Kier molecular flexibility index (Phi) is 13.9. The van der Waals surface area contributed by atoms with E-state index in [9.17, 15) is 24.3 Å². The van der Waals surface area contributed by atoms with E-state index in [1.165, 1.54) is 0 Å². The number of benzene rings is 2. The lowest BCUT2D eigenvalue weighted by atomic mass is 10.0. The molecule has 0 radical (unpaired) electrons. The first-order chi connectivity index (χ1) is 18.7. The summed E-state index contributed by atoms with van der Waals surface area (Å²) in [5, 5.41) is 17.6. The van der Waals surface area contributed by atoms with Crippen LogP contribution >= 0.6 is 11.8 Å². The predicted octanol–water partition coefficient (Wildman–Crippen LogP) is 0.999. The van der Waals surface area contributed by atoms with E-state index in [0.29, 0.717) is 38.0 Å². The molecule has 212 valence electrons. The number of phenols is 1. The van der Waals surface area contributed by atoms with Gasteiger partial charge in [-0.25, -0.2) is 0 Å². The fourth-order valence-corrected chi connectivity index (χ4v) is 4.32. The van der Waals surface area contributed by atoms with Crippen LogP contribution in [0, 0.1) is 0 Å². The third kappa shape index (κ3) is 12.2. The number of unbranched alkanes of at least 4 members (excludes halogenated alkanes) is 1. The zero-order valence-corrected chi connectivity index (χ0v) is 23.0. The number of rotatable bonds is 17. The third-order valence-corrected chi connectivity index (χ3v) is 6.71. The van der Waals surface area contributed by atoms with Crippen molar-refractivity contribution < 1.29 is 24.3 Å². The fraction of sp³-hybridized carbons (Fsp3) is 0.429. The summed E-state index contributed by atoms with van der Waals surface area (Å²) < 4.78 is 0. The van der Waals surface area contributed by atoms with Crippen LogP contribution in [0.3, 0.4) is 0 Å². The van der Waals surface area contributed by atoms with Crippen molar-refractivity contribution in [2.75, 3.05) is 18.6 Å². The smallest absolute Gasteiger partial charge is 0.243 e. The summed E-state index contributed by atoms with van der Waals surface area (Å²) in [4.78, 5) is 49.7. The van der Waals surface area contributed by atoms with E-state index in [1.807, 2.05) is 36.6 Å². The zero-order chi connectivity index (χ0) is 28.6. The van der Waals surface area contributed by atoms with Crippen molar-refractivity contribution in [2.45, 2.75) is 56.7 Å². The SMILES string of the molecule is CSCC[C@H](NC(=O)[C@H](Cc1ccccc1)NC(=O)CCCCNC(=O)[C@@H](N)Cc1ccc(O)cc1)C(N)=O. The molecule has 3 atom stereocenters. The minimum absolute atomic E-state index is 0.147. The summed E-state index contributed by atoms with van der Waals surface area (Å²) >= 11 is 1.54. The van der Waals surface area contributed by atoms with E-state index in [-0.39, 0.29) is 30.4 Å². The molecule has 2 rings (SSSR count). The lowest BCUT2D eigenvalue weighted by Gasteiger charge is -2.22. The number of nitrogens with one attached hydrogen (secondary N) is 3. The largest absolute Gasteiger partial charge is 0.508 e. The molecule has 0 spiro atoms. The Morgan fingerprint density at radius 2 is 1.54 bits per heavy atom. The molecule has 39 heavy (non-hydrogen) atoms. The standard InChI is InChI=1S/C28H39N5O5S/c1-39-16-14-23(26(30)36)33-28(38)24(18-19-7-3-2-4-8-19)32-25(35)9-5-6-15-31-27(37)22(29)17-20-10-12-21(34)13-11-20/h2-4,7-8,10-13,22-24,34H,5-6,9,14-18,29H2,1H3,(H2,30,36)(H,31,37)(H,32,35)(H,33,38)/t22-,23-,24-/m0/s1. The molecular formula is C28H39N5O5S. The summed E-state index contributed by atoms with van der Waals surface area (Å²) in [5.74, 6) is -0.881. The molecule has 0 unspecified atom stereocenters. The van der Waals surface area contributed by atoms with Crippen molar-refractivity contribution >= 4 is 35.4 Å². The monoisotopic (exact) mass is 557 g/mol. The van der Waals surface area contributed by atoms with Crippen molar-refractivity contribution in [3.8, 4) is 5.75 Å². The number of primary amides is 1. The van der Waals surface area contributed by atoms with Crippen LogP contribution in [-0.2, 0) is 32.0 Å². The minimum atomic E-state index is -0.867. The second-order valence-corrected chi connectivity index (χ2v) is 10.3. The van der Waals surface area contributed by atoms with Crippen molar-refractivity contribution in [3.05, 3.63) is 65.7 Å². The van der Waals surface area contributed by atoms with E-state index >= 15 is 0 Å². The normalized spacial score (nSPS) is 13.1. The van der Waals surface area contributed by atoms with Crippen LogP contribution in [0.2, 0.25) is 0 Å². The lowest BCUT2D eigenvalue weighted by Crippen LogP contribution is -2.53. The molecule has 0 aliphatic carbocycles. The maximum absolute atomic E-state index is 13.0. The first-order valence-corrected chi connectivity index (χ1v) is 14.3. The lowest BCUT2D eigenvalue weighted by molar-refractivity contribution is -0.131. The molecular weight excluding hydrogens is 518 g/mol. The number of thioether (sulfide) groups is 1. The van der Waals surface area contributed by atoms with Crippen LogP contribution in [0.25, 0.3) is 0 Å². The Labute approximate surface area is 233 Å². The summed E-state index contributed by atoms with van der Waals surface area (Å²) in [6.07, 6.45) is 4.12. The Morgan fingerprint density at radius 1 is 0.872 bits per heavy atom. The zero-order valence-electron chi connectivity index (χ0n) is 22.2. The number of hydrogen-bond donors (Lipinski definition) is 6. The fourth-order valence-electron chi connectivity index (χ4n) is 3.85. The van der Waals surface area contributed by atoms with Crippen molar-refractivity contribution in [3.63, 3.8) is 0 Å². The number of phenolic OH excluding ortho intramolecular Hbond substituents is 1. The van der Waals surface area contributed by atoms with E-state index in [4.69, 9.17) is 11.5 Å². The summed E-state index contributed by atoms with van der Waals surface area (Å²) in [6, 6.07) is 13.4. The number of nitrogens with two attached hydrogens (primary N) is 2. The quantitative estimate of drug-likeness (QED) is 0.157. The molecule has 0 saturated carbocycles. The number of carbonyl (C=O) groups is 4. The van der Waals surface area contributed by atoms with E-state index < -0.39 is 29.9 Å². The van der Waals surface area contributed by atoms with Gasteiger partial charge in [-0.3, -0.25) is 19.2 Å². The number of amides is 4. The summed E-state index contributed by atoms with van der Waals surface area (Å²) in [7, 11) is 0. The number of hydrogen-bond acceptors (Lipinski definition) is 7. The third-order valence-electron chi connectivity index (χ3n) is 6.06. The molecule has 0 heterocycles. The van der Waals surface area contributed by atoms with Gasteiger partial charge in [0.2, 0.25) is 23.6 Å². The molecule has 0 bridgehead atoms. The Hall–Kier alpha value is -3.57. The van der Waals surface area contributed by atoms with E-state index in [1.54, 1.807) is 36.0 Å². The second-order valence-electron chi connectivity index (χ2n) is 9.28. The summed E-state index contributed by atoms with van der Waals surface area (Å²) in [5.41, 5.74) is 13.1. The number of aromatic hydroxyl groups is 1. The van der Waals surface area contributed by atoms with Gasteiger partial charge < -0.3 is 32.5 Å². The topological polar surface area (TPSA) is 177 Å². The molecule has 0 aromatic heterocycles. The first-order valence-electron chi connectivity index (χ1n) is 12.9. The van der Waals surface area contributed by atoms with Gasteiger partial charge in [-0.1, -0.05) is 42.5 Å². The van der Waals surface area contributed by atoms with Gasteiger partial charge >= 0.3 is 0 Å². The molecule has 0 aliphatic rings. The van der Waals surface area contributed by atoms with Crippen LogP contribution < -0.4 is 27.4 Å². The molecule has 10 nitrogen and oxygen atoms in total. The highest BCUT2D eigenvalue weighted by atomic mass is 32.2. The maximum Gasteiger partial charge on any atom is 0.243 e. The van der Waals surface area contributed by atoms with Gasteiger partial charge in [-0.05, 0) is 61.0 Å². The minimum Gasteiger partial charge on any atom is -0.508 e. The van der Waals surface area contributed by atoms with E-state index in [2.05, 4.69) is 16.0 Å². The average Bonchev–Trinajstić information content (AvgIpc) is 2.91. The molecule has 0 saturated heterocycles. The van der Waals surface area contributed by atoms with Gasteiger partial charge in [0.25, 0.3) is 0 Å². The van der Waals surface area contributed by atoms with Gasteiger partial charge in [0.15, 0.2) is 0 Å². The number of carbonyl (C=O) groups excluding carboxylic acids is 4. The van der Waals surface area contributed by atoms with Crippen LogP contribution in [0.5, 0.6) is 5.75 Å². The highest BCUT2D eigenvalue weighted by Gasteiger charge is 2.25. The van der Waals surface area contributed by atoms with Crippen molar-refractivity contribution in [1.29, 1.82) is 0 Å². The molecule has 0 aliphatic heterocycles. The molecule has 0 fully saturated rings. The van der Waals surface area contributed by atoms with E-state index in [0.717, 1.165) is 11.1 Å². The molecule has 2 aromatic carbocycles. The van der Waals surface area contributed by atoms with Gasteiger partial charge in [0, 0.05) is 19.4 Å². The summed E-state index contributed by atoms with van der Waals surface area (Å²) in [6.45, 7) is 0.360. The van der Waals surface area contributed by atoms with Crippen LogP contribution in [0.15, 0.2) is 54.6 Å². The average molecular weight is 558 g/mol. The van der Waals surface area contributed by atoms with Crippen LogP contribution in [-0.4, -0.2) is 65.4 Å². The predicted molar refractivity (Wildman–Crippen MR) is 153 cm³/mol. The molecule has 8 N–H and O–H groups in total. The van der Waals surface area contributed by atoms with Crippen LogP contribution in [0.4, 0.5) is 0 Å². The highest BCUT2D eigenvalue weighted by Crippen LogP contribution is 2.11. The van der Waals surface area contributed by atoms with Gasteiger partial charge in [0.05, 0.1) is 6.04 Å². The van der Waals surface area contributed by atoms with Crippen LogP contribution in [0.1, 0.15) is 36.8 Å². The Balaban J connectivity index is 1.81. The maximum atomic E-state index is 13.0. The molecule has 4 amide bonds.